The summed E-state index contributed by atoms with van der Waals surface area (Å²) in [5.41, 5.74) is 4.18. The number of ether oxygens (including phenoxy) is 1. The van der Waals surface area contributed by atoms with Gasteiger partial charge in [0.05, 0.1) is 5.92 Å². The maximum atomic E-state index is 12.4. The fraction of sp³-hybridized carbons (Fsp3) is 0.318. The van der Waals surface area contributed by atoms with Gasteiger partial charge in [-0.15, -0.1) is 0 Å². The Morgan fingerprint density at radius 2 is 1.97 bits per heavy atom. The van der Waals surface area contributed by atoms with Crippen LogP contribution in [0.2, 0.25) is 5.02 Å². The van der Waals surface area contributed by atoms with Crippen molar-refractivity contribution in [2.75, 3.05) is 23.4 Å². The van der Waals surface area contributed by atoms with Crippen LogP contribution in [0.25, 0.3) is 0 Å². The maximum Gasteiger partial charge on any atom is 0.311 e. The highest BCUT2D eigenvalue weighted by Gasteiger charge is 2.36. The molecule has 0 unspecified atom stereocenters. The molecule has 6 nitrogen and oxygen atoms in total. The summed E-state index contributed by atoms with van der Waals surface area (Å²) >= 11 is 6.04. The number of hydrogen-bond acceptors (Lipinski definition) is 4. The molecule has 1 heterocycles. The molecular formula is C22H23ClN2O4. The Morgan fingerprint density at radius 3 is 2.69 bits per heavy atom. The summed E-state index contributed by atoms with van der Waals surface area (Å²) in [7, 11) is 0. The zero-order chi connectivity index (χ0) is 21.1. The van der Waals surface area contributed by atoms with Crippen molar-refractivity contribution in [3.8, 4) is 0 Å². The Bertz CT molecular complexity index is 973. The van der Waals surface area contributed by atoms with Crippen molar-refractivity contribution in [3.63, 3.8) is 0 Å². The Morgan fingerprint density at radius 1 is 1.21 bits per heavy atom. The quantitative estimate of drug-likeness (QED) is 0.755. The number of carbonyl (C=O) groups is 3. The lowest BCUT2D eigenvalue weighted by Gasteiger charge is -2.19. The molecule has 1 aliphatic rings. The van der Waals surface area contributed by atoms with E-state index in [1.165, 1.54) is 0 Å². The van der Waals surface area contributed by atoms with Crippen molar-refractivity contribution in [1.29, 1.82) is 0 Å². The van der Waals surface area contributed by atoms with Crippen LogP contribution >= 0.6 is 11.6 Å². The second kappa shape index (κ2) is 8.66. The lowest BCUT2D eigenvalue weighted by molar-refractivity contribution is -0.151. The predicted molar refractivity (Wildman–Crippen MR) is 112 cm³/mol. The summed E-state index contributed by atoms with van der Waals surface area (Å²) in [6.45, 7) is 5.54. The van der Waals surface area contributed by atoms with Gasteiger partial charge in [0.25, 0.3) is 5.91 Å². The van der Waals surface area contributed by atoms with E-state index in [2.05, 4.69) is 5.32 Å². The highest BCUT2D eigenvalue weighted by Crippen LogP contribution is 2.29. The van der Waals surface area contributed by atoms with Gasteiger partial charge >= 0.3 is 5.97 Å². The van der Waals surface area contributed by atoms with Crippen molar-refractivity contribution in [2.24, 2.45) is 5.92 Å². The van der Waals surface area contributed by atoms with Crippen LogP contribution in [0.5, 0.6) is 0 Å². The van der Waals surface area contributed by atoms with Crippen LogP contribution in [0.15, 0.2) is 36.4 Å². The van der Waals surface area contributed by atoms with Crippen molar-refractivity contribution < 1.29 is 19.1 Å². The number of esters is 1. The Hall–Kier alpha value is -2.86. The minimum Gasteiger partial charge on any atom is -0.455 e. The number of halogens is 1. The fourth-order valence-electron chi connectivity index (χ4n) is 3.39. The fourth-order valence-corrected chi connectivity index (χ4v) is 3.56. The molecule has 0 aromatic heterocycles. The number of amides is 2. The second-order valence-corrected chi connectivity index (χ2v) is 7.67. The van der Waals surface area contributed by atoms with Crippen LogP contribution in [-0.4, -0.2) is 30.9 Å². The number of carbonyl (C=O) groups excluding carboxylic acids is 3. The van der Waals surface area contributed by atoms with E-state index in [0.29, 0.717) is 10.7 Å². The van der Waals surface area contributed by atoms with Gasteiger partial charge in [-0.3, -0.25) is 14.4 Å². The predicted octanol–water partition coefficient (Wildman–Crippen LogP) is 3.80. The second-order valence-electron chi connectivity index (χ2n) is 7.26. The lowest BCUT2D eigenvalue weighted by Crippen LogP contribution is -2.28. The van der Waals surface area contributed by atoms with Crippen molar-refractivity contribution >= 4 is 40.8 Å². The SMILES string of the molecule is Cc1ccc(N2C[C@H](C(=O)OCC(=O)Nc3cccc(Cl)c3C)CC2=O)c(C)c1. The topological polar surface area (TPSA) is 75.7 Å². The van der Waals surface area contributed by atoms with E-state index in [1.807, 2.05) is 32.0 Å². The number of hydrogen-bond donors (Lipinski definition) is 1. The van der Waals surface area contributed by atoms with Crippen LogP contribution in [-0.2, 0) is 19.1 Å². The van der Waals surface area contributed by atoms with Gasteiger partial charge in [0.15, 0.2) is 6.61 Å². The number of rotatable bonds is 5. The van der Waals surface area contributed by atoms with Gasteiger partial charge in [-0.25, -0.2) is 0 Å². The molecule has 152 valence electrons. The van der Waals surface area contributed by atoms with Gasteiger partial charge in [-0.2, -0.15) is 0 Å². The molecule has 0 radical (unpaired) electrons. The Kier molecular flexibility index (Phi) is 6.23. The van der Waals surface area contributed by atoms with Crippen LogP contribution in [0.3, 0.4) is 0 Å². The molecule has 0 aliphatic carbocycles. The number of nitrogens with zero attached hydrogens (tertiary/aromatic N) is 1. The first-order valence-corrected chi connectivity index (χ1v) is 9.73. The van der Waals surface area contributed by atoms with E-state index in [1.54, 1.807) is 30.0 Å². The zero-order valence-electron chi connectivity index (χ0n) is 16.6. The highest BCUT2D eigenvalue weighted by molar-refractivity contribution is 6.31. The Balaban J connectivity index is 1.56. The molecule has 1 atom stereocenters. The minimum atomic E-state index is -0.594. The number of nitrogens with one attached hydrogen (secondary N) is 1. The van der Waals surface area contributed by atoms with Gasteiger partial charge in [-0.1, -0.05) is 35.4 Å². The molecule has 1 N–H and O–H groups in total. The van der Waals surface area contributed by atoms with Gasteiger partial charge in [0.1, 0.15) is 0 Å². The van der Waals surface area contributed by atoms with Crippen molar-refractivity contribution in [2.45, 2.75) is 27.2 Å². The number of aryl methyl sites for hydroxylation is 2. The molecule has 7 heteroatoms. The summed E-state index contributed by atoms with van der Waals surface area (Å²) < 4.78 is 5.15. The van der Waals surface area contributed by atoms with Crippen LogP contribution in [0.1, 0.15) is 23.1 Å². The summed E-state index contributed by atoms with van der Waals surface area (Å²) in [6, 6.07) is 11.0. The van der Waals surface area contributed by atoms with Crippen molar-refractivity contribution in [1.82, 2.24) is 0 Å². The first-order chi connectivity index (χ1) is 13.8. The average molecular weight is 415 g/mol. The molecular weight excluding hydrogens is 392 g/mol. The third kappa shape index (κ3) is 4.77. The van der Waals surface area contributed by atoms with Crippen LogP contribution in [0, 0.1) is 26.7 Å². The van der Waals surface area contributed by atoms with Gasteiger partial charge in [0, 0.05) is 29.4 Å². The van der Waals surface area contributed by atoms with E-state index in [9.17, 15) is 14.4 Å². The molecule has 1 saturated heterocycles. The molecule has 29 heavy (non-hydrogen) atoms. The zero-order valence-corrected chi connectivity index (χ0v) is 17.4. The van der Waals surface area contributed by atoms with Gasteiger partial charge < -0.3 is 15.0 Å². The first-order valence-electron chi connectivity index (χ1n) is 9.35. The van der Waals surface area contributed by atoms with E-state index < -0.39 is 24.4 Å². The molecule has 0 saturated carbocycles. The third-order valence-electron chi connectivity index (χ3n) is 4.99. The molecule has 2 amide bonds. The number of anilines is 2. The normalized spacial score (nSPS) is 16.1. The number of benzene rings is 2. The molecule has 1 aliphatic heterocycles. The van der Waals surface area contributed by atoms with Gasteiger partial charge in [-0.05, 0) is 50.1 Å². The summed E-state index contributed by atoms with van der Waals surface area (Å²) in [5, 5.41) is 3.21. The monoisotopic (exact) mass is 414 g/mol. The molecule has 2 aromatic rings. The molecule has 3 rings (SSSR count). The summed E-state index contributed by atoms with van der Waals surface area (Å²) in [4.78, 5) is 38.5. The minimum absolute atomic E-state index is 0.0706. The Labute approximate surface area is 174 Å². The van der Waals surface area contributed by atoms with E-state index in [0.717, 1.165) is 22.4 Å². The smallest absolute Gasteiger partial charge is 0.311 e. The first kappa shape index (κ1) is 20.9. The largest absolute Gasteiger partial charge is 0.455 e. The van der Waals surface area contributed by atoms with E-state index in [-0.39, 0.29) is 18.9 Å². The highest BCUT2D eigenvalue weighted by atomic mass is 35.5. The third-order valence-corrected chi connectivity index (χ3v) is 5.40. The summed E-state index contributed by atoms with van der Waals surface area (Å²) in [5.74, 6) is -1.73. The lowest BCUT2D eigenvalue weighted by atomic mass is 10.1. The maximum absolute atomic E-state index is 12.4. The van der Waals surface area contributed by atoms with Crippen LogP contribution < -0.4 is 10.2 Å². The summed E-state index contributed by atoms with van der Waals surface area (Å²) in [6.07, 6.45) is 0.0706. The van der Waals surface area contributed by atoms with E-state index in [4.69, 9.17) is 16.3 Å². The van der Waals surface area contributed by atoms with Crippen LogP contribution in [0.4, 0.5) is 11.4 Å². The van der Waals surface area contributed by atoms with Gasteiger partial charge in [0.2, 0.25) is 5.91 Å². The molecule has 0 bridgehead atoms. The average Bonchev–Trinajstić information content (AvgIpc) is 3.05. The standard InChI is InChI=1S/C22H23ClN2O4/c1-13-7-8-19(14(2)9-13)25-11-16(10-21(25)27)22(28)29-12-20(26)24-18-6-4-5-17(23)15(18)3/h4-9,16H,10-12H2,1-3H3,(H,24,26)/t16-/m1/s1. The molecule has 0 spiro atoms. The van der Waals surface area contributed by atoms with Crippen molar-refractivity contribution in [3.05, 3.63) is 58.1 Å². The molecule has 2 aromatic carbocycles. The molecule has 1 fully saturated rings. The van der Waals surface area contributed by atoms with E-state index >= 15 is 0 Å².